The van der Waals surface area contributed by atoms with E-state index in [9.17, 15) is 0 Å². The van der Waals surface area contributed by atoms with Crippen molar-refractivity contribution in [2.45, 2.75) is 20.3 Å². The molecule has 1 aliphatic heterocycles. The van der Waals surface area contributed by atoms with Crippen LogP contribution < -0.4 is 10.6 Å². The Morgan fingerprint density at radius 1 is 1.47 bits per heavy atom. The van der Waals surface area contributed by atoms with Gasteiger partial charge in [0.15, 0.2) is 5.65 Å². The van der Waals surface area contributed by atoms with E-state index in [4.69, 9.17) is 5.73 Å². The third-order valence-corrected chi connectivity index (χ3v) is 4.25. The summed E-state index contributed by atoms with van der Waals surface area (Å²) in [6.07, 6.45) is 3.11. The van der Waals surface area contributed by atoms with Crippen molar-refractivity contribution >= 4 is 11.6 Å². The minimum Gasteiger partial charge on any atom is -0.339 e. The lowest BCUT2D eigenvalue weighted by Gasteiger charge is -2.35. The normalized spacial score (nSPS) is 24.1. The summed E-state index contributed by atoms with van der Waals surface area (Å²) in [6.45, 7) is 7.08. The zero-order valence-electron chi connectivity index (χ0n) is 11.6. The minimum atomic E-state index is 0.543. The predicted molar refractivity (Wildman–Crippen MR) is 76.3 cm³/mol. The lowest BCUT2D eigenvalue weighted by atomic mass is 9.87. The molecule has 1 saturated heterocycles. The maximum atomic E-state index is 5.86. The van der Waals surface area contributed by atoms with E-state index in [1.54, 1.807) is 0 Å². The van der Waals surface area contributed by atoms with Gasteiger partial charge in [0.2, 0.25) is 5.95 Å². The van der Waals surface area contributed by atoms with Gasteiger partial charge in [-0.1, -0.05) is 13.0 Å². The smallest absolute Gasteiger partial charge is 0.245 e. The number of hydrogen-bond acceptors (Lipinski definition) is 4. The number of rotatable bonds is 2. The fourth-order valence-electron chi connectivity index (χ4n) is 2.80. The van der Waals surface area contributed by atoms with Crippen LogP contribution in [0.1, 0.15) is 18.9 Å². The van der Waals surface area contributed by atoms with Crippen LogP contribution in [0, 0.1) is 18.8 Å². The Morgan fingerprint density at radius 2 is 2.32 bits per heavy atom. The van der Waals surface area contributed by atoms with Crippen molar-refractivity contribution in [1.29, 1.82) is 0 Å². The largest absolute Gasteiger partial charge is 0.339 e. The van der Waals surface area contributed by atoms with E-state index in [1.807, 2.05) is 16.8 Å². The van der Waals surface area contributed by atoms with E-state index in [0.717, 1.165) is 43.2 Å². The maximum absolute atomic E-state index is 5.86. The van der Waals surface area contributed by atoms with Gasteiger partial charge in [-0.2, -0.15) is 4.98 Å². The van der Waals surface area contributed by atoms with E-state index < -0.39 is 0 Å². The average Bonchev–Trinajstić information content (AvgIpc) is 2.85. The molecule has 5 nitrogen and oxygen atoms in total. The third kappa shape index (κ3) is 2.18. The molecular formula is C14H21N5. The Labute approximate surface area is 113 Å². The van der Waals surface area contributed by atoms with Gasteiger partial charge < -0.3 is 10.6 Å². The summed E-state index contributed by atoms with van der Waals surface area (Å²) in [5, 5.41) is 4.58. The minimum absolute atomic E-state index is 0.543. The number of nitrogens with two attached hydrogens (primary N) is 1. The summed E-state index contributed by atoms with van der Waals surface area (Å²) < 4.78 is 1.86. The summed E-state index contributed by atoms with van der Waals surface area (Å²) >= 11 is 0. The summed E-state index contributed by atoms with van der Waals surface area (Å²) in [6, 6.07) is 4.07. The Hall–Kier alpha value is -1.62. The number of nitrogens with zero attached hydrogens (tertiary/aromatic N) is 4. The van der Waals surface area contributed by atoms with E-state index in [2.05, 4.69) is 34.9 Å². The summed E-state index contributed by atoms with van der Waals surface area (Å²) in [7, 11) is 0. The van der Waals surface area contributed by atoms with E-state index in [-0.39, 0.29) is 0 Å². The molecular weight excluding hydrogens is 238 g/mol. The second kappa shape index (κ2) is 4.81. The Kier molecular flexibility index (Phi) is 3.14. The maximum Gasteiger partial charge on any atom is 0.245 e. The number of aryl methyl sites for hydroxylation is 1. The van der Waals surface area contributed by atoms with Crippen molar-refractivity contribution < 1.29 is 0 Å². The SMILES string of the molecule is Cc1cccn2nc(N3CCC(C)C(CN)C3)nc12. The molecule has 0 aromatic carbocycles. The fraction of sp³-hybridized carbons (Fsp3) is 0.571. The first kappa shape index (κ1) is 12.4. The topological polar surface area (TPSA) is 59.5 Å². The van der Waals surface area contributed by atoms with Gasteiger partial charge in [-0.3, -0.25) is 0 Å². The molecule has 1 fully saturated rings. The van der Waals surface area contributed by atoms with Crippen molar-refractivity contribution in [3.05, 3.63) is 23.9 Å². The molecule has 0 saturated carbocycles. The van der Waals surface area contributed by atoms with Gasteiger partial charge in [-0.05, 0) is 43.4 Å². The molecule has 2 atom stereocenters. The molecule has 19 heavy (non-hydrogen) atoms. The summed E-state index contributed by atoms with van der Waals surface area (Å²) in [5.41, 5.74) is 7.96. The molecule has 0 bridgehead atoms. The molecule has 1 aliphatic rings. The van der Waals surface area contributed by atoms with Crippen molar-refractivity contribution in [2.24, 2.45) is 17.6 Å². The van der Waals surface area contributed by atoms with Gasteiger partial charge in [0, 0.05) is 19.3 Å². The van der Waals surface area contributed by atoms with Gasteiger partial charge in [-0.15, -0.1) is 5.10 Å². The number of pyridine rings is 1. The molecule has 102 valence electrons. The van der Waals surface area contributed by atoms with Crippen LogP contribution in [0.3, 0.4) is 0 Å². The highest BCUT2D eigenvalue weighted by Crippen LogP contribution is 2.25. The lowest BCUT2D eigenvalue weighted by molar-refractivity contribution is 0.306. The molecule has 2 unspecified atom stereocenters. The van der Waals surface area contributed by atoms with Gasteiger partial charge in [0.1, 0.15) is 0 Å². The van der Waals surface area contributed by atoms with Crippen LogP contribution in [0.15, 0.2) is 18.3 Å². The zero-order chi connectivity index (χ0) is 13.4. The Bertz CT molecular complexity index is 576. The molecule has 2 aromatic heterocycles. The number of fused-ring (bicyclic) bond motifs is 1. The first-order chi connectivity index (χ1) is 9.19. The molecule has 0 radical (unpaired) electrons. The first-order valence-corrected chi connectivity index (χ1v) is 6.96. The van der Waals surface area contributed by atoms with Gasteiger partial charge in [0.05, 0.1) is 0 Å². The van der Waals surface area contributed by atoms with E-state index in [1.165, 1.54) is 0 Å². The van der Waals surface area contributed by atoms with Crippen molar-refractivity contribution in [3.63, 3.8) is 0 Å². The van der Waals surface area contributed by atoms with Crippen LogP contribution in [0.2, 0.25) is 0 Å². The van der Waals surface area contributed by atoms with Crippen LogP contribution in [0.4, 0.5) is 5.95 Å². The molecule has 2 N–H and O–H groups in total. The Morgan fingerprint density at radius 3 is 3.05 bits per heavy atom. The first-order valence-electron chi connectivity index (χ1n) is 6.96. The number of anilines is 1. The molecule has 0 spiro atoms. The van der Waals surface area contributed by atoms with E-state index >= 15 is 0 Å². The van der Waals surface area contributed by atoms with Crippen molar-refractivity contribution in [1.82, 2.24) is 14.6 Å². The van der Waals surface area contributed by atoms with Gasteiger partial charge in [-0.25, -0.2) is 4.52 Å². The second-order valence-electron chi connectivity index (χ2n) is 5.58. The third-order valence-electron chi connectivity index (χ3n) is 4.25. The molecule has 3 heterocycles. The quantitative estimate of drug-likeness (QED) is 0.887. The summed E-state index contributed by atoms with van der Waals surface area (Å²) in [5.74, 6) is 2.07. The van der Waals surface area contributed by atoms with Crippen LogP contribution in [0.25, 0.3) is 5.65 Å². The zero-order valence-corrected chi connectivity index (χ0v) is 11.6. The second-order valence-corrected chi connectivity index (χ2v) is 5.58. The number of hydrogen-bond donors (Lipinski definition) is 1. The fourth-order valence-corrected chi connectivity index (χ4v) is 2.80. The van der Waals surface area contributed by atoms with E-state index in [0.29, 0.717) is 11.8 Å². The van der Waals surface area contributed by atoms with Crippen molar-refractivity contribution in [3.8, 4) is 0 Å². The average molecular weight is 259 g/mol. The van der Waals surface area contributed by atoms with Crippen molar-refractivity contribution in [2.75, 3.05) is 24.5 Å². The molecule has 3 rings (SSSR count). The van der Waals surface area contributed by atoms with Crippen LogP contribution in [-0.4, -0.2) is 34.2 Å². The summed E-state index contributed by atoms with van der Waals surface area (Å²) in [4.78, 5) is 6.93. The highest BCUT2D eigenvalue weighted by molar-refractivity contribution is 5.50. The molecule has 2 aromatic rings. The highest BCUT2D eigenvalue weighted by atomic mass is 15.4. The van der Waals surface area contributed by atoms with Gasteiger partial charge >= 0.3 is 0 Å². The molecule has 5 heteroatoms. The number of aromatic nitrogens is 3. The lowest BCUT2D eigenvalue weighted by Crippen LogP contribution is -2.43. The molecule has 0 amide bonds. The van der Waals surface area contributed by atoms with Crippen LogP contribution in [0.5, 0.6) is 0 Å². The predicted octanol–water partition coefficient (Wildman–Crippen LogP) is 1.46. The Balaban J connectivity index is 1.90. The standard InChI is InChI=1S/C14H21N5/c1-10-5-7-18(9-12(10)8-15)14-16-13-11(2)4-3-6-19(13)17-14/h3-4,6,10,12H,5,7-9,15H2,1-2H3. The monoisotopic (exact) mass is 259 g/mol. The number of piperidine rings is 1. The highest BCUT2D eigenvalue weighted by Gasteiger charge is 2.27. The van der Waals surface area contributed by atoms with Gasteiger partial charge in [0.25, 0.3) is 0 Å². The van der Waals surface area contributed by atoms with Crippen LogP contribution in [-0.2, 0) is 0 Å². The van der Waals surface area contributed by atoms with Crippen LogP contribution >= 0.6 is 0 Å². The molecule has 0 aliphatic carbocycles.